The molecule has 106 valence electrons. The number of pyridine rings is 1. The highest BCUT2D eigenvalue weighted by Crippen LogP contribution is 2.25. The van der Waals surface area contributed by atoms with E-state index in [4.69, 9.17) is 21.1 Å². The van der Waals surface area contributed by atoms with Crippen LogP contribution in [0.2, 0.25) is 4.34 Å². The maximum atomic E-state index is 5.88. The molecule has 0 unspecified atom stereocenters. The molecule has 21 heavy (non-hydrogen) atoms. The van der Waals surface area contributed by atoms with E-state index in [2.05, 4.69) is 4.98 Å². The highest BCUT2D eigenvalue weighted by molar-refractivity contribution is 7.16. The Hall–Kier alpha value is -2.04. The van der Waals surface area contributed by atoms with Crippen molar-refractivity contribution in [3.8, 4) is 17.4 Å². The van der Waals surface area contributed by atoms with Crippen molar-refractivity contribution in [1.29, 1.82) is 0 Å². The highest BCUT2D eigenvalue weighted by atomic mass is 35.5. The second-order valence-electron chi connectivity index (χ2n) is 4.24. The smallest absolute Gasteiger partial charge is 0.219 e. The Morgan fingerprint density at radius 2 is 1.76 bits per heavy atom. The van der Waals surface area contributed by atoms with Crippen molar-refractivity contribution in [2.75, 3.05) is 0 Å². The van der Waals surface area contributed by atoms with Crippen molar-refractivity contribution in [3.05, 3.63) is 70.0 Å². The van der Waals surface area contributed by atoms with E-state index < -0.39 is 0 Å². The fraction of sp³-hybridized carbons (Fsp3) is 0.0625. The summed E-state index contributed by atoms with van der Waals surface area (Å²) in [6, 6.07) is 16.8. The third-order valence-corrected chi connectivity index (χ3v) is 3.90. The summed E-state index contributed by atoms with van der Waals surface area (Å²) in [6.07, 6.45) is 1.69. The lowest BCUT2D eigenvalue weighted by Gasteiger charge is -2.07. The zero-order chi connectivity index (χ0) is 14.5. The van der Waals surface area contributed by atoms with Crippen molar-refractivity contribution in [2.24, 2.45) is 0 Å². The van der Waals surface area contributed by atoms with Crippen LogP contribution in [-0.2, 0) is 6.61 Å². The number of nitrogens with zero attached hydrogens (tertiary/aromatic N) is 1. The first-order chi connectivity index (χ1) is 10.3. The summed E-state index contributed by atoms with van der Waals surface area (Å²) in [5.74, 6) is 2.08. The Labute approximate surface area is 131 Å². The predicted octanol–water partition coefficient (Wildman–Crippen LogP) is 5.17. The van der Waals surface area contributed by atoms with E-state index in [-0.39, 0.29) is 0 Å². The Kier molecular flexibility index (Phi) is 4.38. The van der Waals surface area contributed by atoms with Crippen LogP contribution in [0.3, 0.4) is 0 Å². The summed E-state index contributed by atoms with van der Waals surface area (Å²) in [6.45, 7) is 0.512. The molecule has 3 nitrogen and oxygen atoms in total. The molecule has 0 amide bonds. The normalized spacial score (nSPS) is 10.3. The molecule has 0 aliphatic carbocycles. The second kappa shape index (κ2) is 6.61. The summed E-state index contributed by atoms with van der Waals surface area (Å²) in [5, 5.41) is 0. The molecule has 1 aromatic carbocycles. The molecule has 5 heteroatoms. The SMILES string of the molecule is Clc1ccc(COc2ccc(Oc3ccccn3)cc2)s1. The predicted molar refractivity (Wildman–Crippen MR) is 84.4 cm³/mol. The molecule has 0 radical (unpaired) electrons. The van der Waals surface area contributed by atoms with Crippen LogP contribution in [-0.4, -0.2) is 4.98 Å². The van der Waals surface area contributed by atoms with Gasteiger partial charge in [-0.1, -0.05) is 17.7 Å². The molecular formula is C16H12ClNO2S. The first kappa shape index (κ1) is 13.9. The van der Waals surface area contributed by atoms with Crippen molar-refractivity contribution >= 4 is 22.9 Å². The topological polar surface area (TPSA) is 31.4 Å². The Balaban J connectivity index is 1.59. The maximum absolute atomic E-state index is 5.88. The van der Waals surface area contributed by atoms with Gasteiger partial charge in [-0.05, 0) is 42.5 Å². The third-order valence-electron chi connectivity index (χ3n) is 2.69. The molecular weight excluding hydrogens is 306 g/mol. The lowest BCUT2D eigenvalue weighted by Crippen LogP contribution is -1.92. The summed E-state index contributed by atoms with van der Waals surface area (Å²) in [5.41, 5.74) is 0. The minimum absolute atomic E-state index is 0.512. The lowest BCUT2D eigenvalue weighted by molar-refractivity contribution is 0.309. The van der Waals surface area contributed by atoms with Crippen molar-refractivity contribution in [2.45, 2.75) is 6.61 Å². The van der Waals surface area contributed by atoms with E-state index >= 15 is 0 Å². The standard InChI is InChI=1S/C16H12ClNO2S/c17-15-9-8-14(21-15)11-19-12-4-6-13(7-5-12)20-16-3-1-2-10-18-16/h1-10H,11H2. The van der Waals surface area contributed by atoms with Gasteiger partial charge in [0.1, 0.15) is 18.1 Å². The van der Waals surface area contributed by atoms with Crippen LogP contribution < -0.4 is 9.47 Å². The average molecular weight is 318 g/mol. The first-order valence-corrected chi connectivity index (χ1v) is 7.55. The van der Waals surface area contributed by atoms with E-state index in [9.17, 15) is 0 Å². The van der Waals surface area contributed by atoms with Gasteiger partial charge in [-0.25, -0.2) is 4.98 Å². The van der Waals surface area contributed by atoms with Crippen LogP contribution in [0.25, 0.3) is 0 Å². The van der Waals surface area contributed by atoms with Gasteiger partial charge in [-0.15, -0.1) is 11.3 Å². The van der Waals surface area contributed by atoms with Gasteiger partial charge in [0.2, 0.25) is 5.88 Å². The number of aromatic nitrogens is 1. The minimum atomic E-state index is 0.512. The van der Waals surface area contributed by atoms with Crippen molar-refractivity contribution in [1.82, 2.24) is 4.98 Å². The second-order valence-corrected chi connectivity index (χ2v) is 6.04. The zero-order valence-electron chi connectivity index (χ0n) is 11.0. The molecule has 2 heterocycles. The van der Waals surface area contributed by atoms with E-state index in [1.54, 1.807) is 6.20 Å². The van der Waals surface area contributed by atoms with Gasteiger partial charge < -0.3 is 9.47 Å². The van der Waals surface area contributed by atoms with Gasteiger partial charge in [0.15, 0.2) is 0 Å². The Bertz CT molecular complexity index is 698. The highest BCUT2D eigenvalue weighted by Gasteiger charge is 2.01. The molecule has 0 saturated carbocycles. The molecule has 0 atom stereocenters. The Morgan fingerprint density at radius 3 is 2.43 bits per heavy atom. The fourth-order valence-corrected chi connectivity index (χ4v) is 2.72. The molecule has 3 rings (SSSR count). The molecule has 0 aliphatic heterocycles. The molecule has 0 N–H and O–H groups in total. The molecule has 0 bridgehead atoms. The van der Waals surface area contributed by atoms with E-state index in [0.29, 0.717) is 12.5 Å². The van der Waals surface area contributed by atoms with E-state index in [1.165, 1.54) is 11.3 Å². The van der Waals surface area contributed by atoms with Crippen LogP contribution in [0.1, 0.15) is 4.88 Å². The lowest BCUT2D eigenvalue weighted by atomic mass is 10.3. The molecule has 0 saturated heterocycles. The number of benzene rings is 1. The molecule has 0 aliphatic rings. The van der Waals surface area contributed by atoms with Gasteiger partial charge in [-0.3, -0.25) is 0 Å². The van der Waals surface area contributed by atoms with Gasteiger partial charge in [0, 0.05) is 17.1 Å². The van der Waals surface area contributed by atoms with Crippen molar-refractivity contribution in [3.63, 3.8) is 0 Å². The number of hydrogen-bond acceptors (Lipinski definition) is 4. The van der Waals surface area contributed by atoms with Crippen LogP contribution in [0, 0.1) is 0 Å². The third kappa shape index (κ3) is 3.97. The van der Waals surface area contributed by atoms with Gasteiger partial charge in [0.05, 0.1) is 4.34 Å². The van der Waals surface area contributed by atoms with Crippen LogP contribution >= 0.6 is 22.9 Å². The van der Waals surface area contributed by atoms with E-state index in [0.717, 1.165) is 20.7 Å². The minimum Gasteiger partial charge on any atom is -0.488 e. The molecule has 0 spiro atoms. The van der Waals surface area contributed by atoms with Crippen molar-refractivity contribution < 1.29 is 9.47 Å². The van der Waals surface area contributed by atoms with E-state index in [1.807, 2.05) is 54.6 Å². The average Bonchev–Trinajstić information content (AvgIpc) is 2.93. The summed E-state index contributed by atoms with van der Waals surface area (Å²) >= 11 is 7.40. The maximum Gasteiger partial charge on any atom is 0.219 e. The zero-order valence-corrected chi connectivity index (χ0v) is 12.6. The van der Waals surface area contributed by atoms with Gasteiger partial charge >= 0.3 is 0 Å². The van der Waals surface area contributed by atoms with Crippen LogP contribution in [0.5, 0.6) is 17.4 Å². The Morgan fingerprint density at radius 1 is 0.952 bits per heavy atom. The van der Waals surface area contributed by atoms with Crippen LogP contribution in [0.4, 0.5) is 0 Å². The quantitative estimate of drug-likeness (QED) is 0.650. The number of thiophene rings is 1. The number of halogens is 1. The first-order valence-electron chi connectivity index (χ1n) is 6.35. The van der Waals surface area contributed by atoms with Gasteiger partial charge in [0.25, 0.3) is 0 Å². The number of hydrogen-bond donors (Lipinski definition) is 0. The summed E-state index contributed by atoms with van der Waals surface area (Å²) in [4.78, 5) is 5.20. The molecule has 3 aromatic rings. The molecule has 2 aromatic heterocycles. The monoisotopic (exact) mass is 317 g/mol. The summed E-state index contributed by atoms with van der Waals surface area (Å²) in [7, 11) is 0. The summed E-state index contributed by atoms with van der Waals surface area (Å²) < 4.78 is 12.1. The molecule has 0 fully saturated rings. The van der Waals surface area contributed by atoms with Crippen LogP contribution in [0.15, 0.2) is 60.8 Å². The largest absolute Gasteiger partial charge is 0.488 e. The number of ether oxygens (including phenoxy) is 2. The number of rotatable bonds is 5. The van der Waals surface area contributed by atoms with Gasteiger partial charge in [-0.2, -0.15) is 0 Å². The fourth-order valence-electron chi connectivity index (χ4n) is 1.72.